The number of nitrogens with one attached hydrogen (secondary N) is 1. The van der Waals surface area contributed by atoms with E-state index in [0.29, 0.717) is 5.76 Å². The number of carbonyl (C=O) groups is 1. The van der Waals surface area contributed by atoms with Crippen molar-refractivity contribution in [2.45, 2.75) is 24.3 Å². The number of halogens is 1. The first-order chi connectivity index (χ1) is 11.3. The lowest BCUT2D eigenvalue weighted by molar-refractivity contribution is -0.131. The Bertz CT molecular complexity index is 790. The number of nitrogens with zero attached hydrogens (tertiary/aromatic N) is 1. The van der Waals surface area contributed by atoms with Crippen LogP contribution >= 0.6 is 11.6 Å². The van der Waals surface area contributed by atoms with Gasteiger partial charge in [-0.25, -0.2) is 13.1 Å². The van der Waals surface area contributed by atoms with Gasteiger partial charge in [0.25, 0.3) is 0 Å². The van der Waals surface area contributed by atoms with Gasteiger partial charge in [-0.15, -0.1) is 0 Å². The first-order valence-corrected chi connectivity index (χ1v) is 9.22. The number of rotatable bonds is 7. The third-order valence-corrected chi connectivity index (χ3v) is 5.65. The van der Waals surface area contributed by atoms with E-state index in [9.17, 15) is 13.2 Å². The number of furan rings is 1. The van der Waals surface area contributed by atoms with Crippen LogP contribution in [0.15, 0.2) is 52.0 Å². The zero-order valence-electron chi connectivity index (χ0n) is 13.4. The van der Waals surface area contributed by atoms with Gasteiger partial charge < -0.3 is 9.32 Å². The SMILES string of the molecule is CC(c1ccco1)N(C)C(=O)CCNS(=O)(=O)c1ccccc1Cl. The van der Waals surface area contributed by atoms with Gasteiger partial charge in [0.15, 0.2) is 0 Å². The van der Waals surface area contributed by atoms with Gasteiger partial charge in [-0.2, -0.15) is 0 Å². The van der Waals surface area contributed by atoms with Crippen LogP contribution in [0.4, 0.5) is 0 Å². The zero-order valence-corrected chi connectivity index (χ0v) is 15.0. The van der Waals surface area contributed by atoms with Gasteiger partial charge in [0.1, 0.15) is 10.7 Å². The number of amides is 1. The Kier molecular flexibility index (Phi) is 6.04. The molecule has 1 aromatic carbocycles. The van der Waals surface area contributed by atoms with Crippen LogP contribution in [0.3, 0.4) is 0 Å². The second-order valence-corrected chi connectivity index (χ2v) is 7.42. The predicted octanol–water partition coefficient (Wildman–Crippen LogP) is 2.82. The predicted molar refractivity (Wildman–Crippen MR) is 91.2 cm³/mol. The molecule has 2 rings (SSSR count). The summed E-state index contributed by atoms with van der Waals surface area (Å²) in [4.78, 5) is 13.7. The van der Waals surface area contributed by atoms with Crippen LogP contribution in [-0.4, -0.2) is 32.8 Å². The van der Waals surface area contributed by atoms with Gasteiger partial charge in [0.2, 0.25) is 15.9 Å². The summed E-state index contributed by atoms with van der Waals surface area (Å²) in [5, 5.41) is 0.139. The highest BCUT2D eigenvalue weighted by molar-refractivity contribution is 7.89. The average Bonchev–Trinajstić information content (AvgIpc) is 3.07. The van der Waals surface area contributed by atoms with E-state index < -0.39 is 10.0 Å². The lowest BCUT2D eigenvalue weighted by Crippen LogP contribution is -2.33. The van der Waals surface area contributed by atoms with Gasteiger partial charge in [-0.1, -0.05) is 23.7 Å². The summed E-state index contributed by atoms with van der Waals surface area (Å²) in [7, 11) is -2.10. The molecular formula is C16H19ClN2O4S. The third kappa shape index (κ3) is 4.37. The molecule has 8 heteroatoms. The molecule has 1 N–H and O–H groups in total. The summed E-state index contributed by atoms with van der Waals surface area (Å²) in [6, 6.07) is 9.46. The molecule has 0 saturated carbocycles. The molecule has 6 nitrogen and oxygen atoms in total. The van der Waals surface area contributed by atoms with Crippen LogP contribution < -0.4 is 4.72 Å². The number of hydrogen-bond donors (Lipinski definition) is 1. The molecule has 0 aliphatic carbocycles. The quantitative estimate of drug-likeness (QED) is 0.812. The van der Waals surface area contributed by atoms with E-state index in [1.54, 1.807) is 37.6 Å². The highest BCUT2D eigenvalue weighted by Crippen LogP contribution is 2.21. The van der Waals surface area contributed by atoms with Gasteiger partial charge in [-0.3, -0.25) is 4.79 Å². The molecular weight excluding hydrogens is 352 g/mol. The molecule has 1 unspecified atom stereocenters. The van der Waals surface area contributed by atoms with E-state index in [1.165, 1.54) is 17.0 Å². The Morgan fingerprint density at radius 1 is 1.29 bits per heavy atom. The summed E-state index contributed by atoms with van der Waals surface area (Å²) in [6.45, 7) is 1.83. The Hall–Kier alpha value is -1.83. The number of benzene rings is 1. The van der Waals surface area contributed by atoms with Crippen molar-refractivity contribution in [3.05, 3.63) is 53.4 Å². The Morgan fingerprint density at radius 3 is 2.62 bits per heavy atom. The normalized spacial score (nSPS) is 12.8. The van der Waals surface area contributed by atoms with Crippen LogP contribution in [0.1, 0.15) is 25.1 Å². The first-order valence-electron chi connectivity index (χ1n) is 7.36. The Morgan fingerprint density at radius 2 is 2.00 bits per heavy atom. The van der Waals surface area contributed by atoms with Crippen molar-refractivity contribution in [2.75, 3.05) is 13.6 Å². The van der Waals surface area contributed by atoms with Crippen molar-refractivity contribution in [3.63, 3.8) is 0 Å². The van der Waals surface area contributed by atoms with E-state index in [-0.39, 0.29) is 34.8 Å². The van der Waals surface area contributed by atoms with Gasteiger partial charge in [0.05, 0.1) is 17.3 Å². The van der Waals surface area contributed by atoms with Crippen molar-refractivity contribution in [1.29, 1.82) is 0 Å². The van der Waals surface area contributed by atoms with Crippen molar-refractivity contribution in [1.82, 2.24) is 9.62 Å². The van der Waals surface area contributed by atoms with E-state index in [1.807, 2.05) is 6.92 Å². The minimum atomic E-state index is -3.75. The van der Waals surface area contributed by atoms with Crippen molar-refractivity contribution >= 4 is 27.5 Å². The summed E-state index contributed by atoms with van der Waals surface area (Å²) in [5.41, 5.74) is 0. The fourth-order valence-electron chi connectivity index (χ4n) is 2.14. The van der Waals surface area contributed by atoms with Crippen LogP contribution in [0.2, 0.25) is 5.02 Å². The average molecular weight is 371 g/mol. The minimum absolute atomic E-state index is 0.00331. The molecule has 0 aliphatic heterocycles. The lowest BCUT2D eigenvalue weighted by atomic mass is 10.2. The van der Waals surface area contributed by atoms with Crippen LogP contribution in [-0.2, 0) is 14.8 Å². The third-order valence-electron chi connectivity index (χ3n) is 3.69. The number of sulfonamides is 1. The van der Waals surface area contributed by atoms with Gasteiger partial charge >= 0.3 is 0 Å². The molecule has 0 aliphatic rings. The fraction of sp³-hybridized carbons (Fsp3) is 0.312. The van der Waals surface area contributed by atoms with E-state index in [0.717, 1.165) is 0 Å². The molecule has 1 heterocycles. The molecule has 0 spiro atoms. The van der Waals surface area contributed by atoms with Crippen LogP contribution in [0.25, 0.3) is 0 Å². The largest absolute Gasteiger partial charge is 0.467 e. The molecule has 1 atom stereocenters. The molecule has 0 radical (unpaired) electrons. The van der Waals surface area contributed by atoms with Gasteiger partial charge in [-0.05, 0) is 31.2 Å². The smallest absolute Gasteiger partial charge is 0.242 e. The second kappa shape index (κ2) is 7.83. The minimum Gasteiger partial charge on any atom is -0.467 e. The molecule has 0 fully saturated rings. The number of carbonyl (C=O) groups excluding carboxylic acids is 1. The maximum Gasteiger partial charge on any atom is 0.242 e. The van der Waals surface area contributed by atoms with Crippen molar-refractivity contribution < 1.29 is 17.6 Å². The molecule has 130 valence electrons. The summed E-state index contributed by atoms with van der Waals surface area (Å²) < 4.78 is 32.0. The maximum absolute atomic E-state index is 12.2. The number of hydrogen-bond acceptors (Lipinski definition) is 4. The maximum atomic E-state index is 12.2. The molecule has 1 aromatic heterocycles. The van der Waals surface area contributed by atoms with Crippen molar-refractivity contribution in [3.8, 4) is 0 Å². The highest BCUT2D eigenvalue weighted by Gasteiger charge is 2.21. The van der Waals surface area contributed by atoms with Crippen LogP contribution in [0.5, 0.6) is 0 Å². The summed E-state index contributed by atoms with van der Waals surface area (Å²) in [5.74, 6) is 0.475. The summed E-state index contributed by atoms with van der Waals surface area (Å²) in [6.07, 6.45) is 1.58. The lowest BCUT2D eigenvalue weighted by Gasteiger charge is -2.23. The van der Waals surface area contributed by atoms with Crippen LogP contribution in [0, 0.1) is 0 Å². The molecule has 2 aromatic rings. The van der Waals surface area contributed by atoms with E-state index >= 15 is 0 Å². The molecule has 1 amide bonds. The standard InChI is InChI=1S/C16H19ClN2O4S/c1-12(14-7-5-11-23-14)19(2)16(20)9-10-18-24(21,22)15-8-4-3-6-13(15)17/h3-8,11-12,18H,9-10H2,1-2H3. The highest BCUT2D eigenvalue weighted by atomic mass is 35.5. The van der Waals surface area contributed by atoms with E-state index in [2.05, 4.69) is 4.72 Å². The molecule has 0 saturated heterocycles. The molecule has 24 heavy (non-hydrogen) atoms. The molecule has 0 bridgehead atoms. The topological polar surface area (TPSA) is 79.6 Å². The Balaban J connectivity index is 1.91. The first kappa shape index (κ1) is 18.5. The zero-order chi connectivity index (χ0) is 17.7. The van der Waals surface area contributed by atoms with E-state index in [4.69, 9.17) is 16.0 Å². The monoisotopic (exact) mass is 370 g/mol. The Labute approximate surface area is 146 Å². The van der Waals surface area contributed by atoms with Crippen molar-refractivity contribution in [2.24, 2.45) is 0 Å². The van der Waals surface area contributed by atoms with Gasteiger partial charge in [0, 0.05) is 20.0 Å². The second-order valence-electron chi connectivity index (χ2n) is 5.27. The summed E-state index contributed by atoms with van der Waals surface area (Å²) >= 11 is 5.89. The fourth-order valence-corrected chi connectivity index (χ4v) is 3.69.